The molecule has 3 unspecified atom stereocenters. The average molecular weight is 295 g/mol. The van der Waals surface area contributed by atoms with Gasteiger partial charge in [-0.05, 0) is 49.3 Å². The van der Waals surface area contributed by atoms with Gasteiger partial charge in [0.2, 0.25) is 5.91 Å². The molecule has 1 aromatic rings. The van der Waals surface area contributed by atoms with Crippen molar-refractivity contribution in [2.45, 2.75) is 45.9 Å². The summed E-state index contributed by atoms with van der Waals surface area (Å²) in [5.74, 6) is 0.209. The molecule has 1 fully saturated rings. The Kier molecular flexibility index (Phi) is 5.18. The van der Waals surface area contributed by atoms with E-state index >= 15 is 0 Å². The molecule has 5 heteroatoms. The lowest BCUT2D eigenvalue weighted by atomic mass is 10.2. The molecular formula is C15H25N3OS. The molecule has 112 valence electrons. The number of amides is 1. The summed E-state index contributed by atoms with van der Waals surface area (Å²) >= 11 is 1.68. The predicted octanol–water partition coefficient (Wildman–Crippen LogP) is 2.30. The summed E-state index contributed by atoms with van der Waals surface area (Å²) in [4.78, 5) is 16.8. The van der Waals surface area contributed by atoms with Gasteiger partial charge in [-0.1, -0.05) is 13.8 Å². The molecule has 1 aliphatic rings. The van der Waals surface area contributed by atoms with Crippen LogP contribution in [0.1, 0.15) is 39.4 Å². The maximum atomic E-state index is 12.5. The lowest BCUT2D eigenvalue weighted by Crippen LogP contribution is -2.45. The molecule has 0 aromatic carbocycles. The van der Waals surface area contributed by atoms with Crippen LogP contribution in [0, 0.1) is 0 Å². The van der Waals surface area contributed by atoms with Crippen molar-refractivity contribution in [2.75, 3.05) is 19.6 Å². The molecule has 0 bridgehead atoms. The molecule has 1 saturated heterocycles. The largest absolute Gasteiger partial charge is 0.318 e. The number of rotatable bonds is 6. The van der Waals surface area contributed by atoms with Gasteiger partial charge >= 0.3 is 0 Å². The molecule has 20 heavy (non-hydrogen) atoms. The van der Waals surface area contributed by atoms with Crippen LogP contribution in [0.15, 0.2) is 16.8 Å². The first-order valence-corrected chi connectivity index (χ1v) is 8.35. The van der Waals surface area contributed by atoms with Crippen molar-refractivity contribution in [1.29, 1.82) is 0 Å². The monoisotopic (exact) mass is 295 g/mol. The lowest BCUT2D eigenvalue weighted by Gasteiger charge is -2.33. The highest BCUT2D eigenvalue weighted by Crippen LogP contribution is 2.29. The molecule has 4 nitrogen and oxygen atoms in total. The summed E-state index contributed by atoms with van der Waals surface area (Å²) in [5.41, 5.74) is 1.19. The summed E-state index contributed by atoms with van der Waals surface area (Å²) < 4.78 is 0. The molecule has 0 aliphatic carbocycles. The van der Waals surface area contributed by atoms with Gasteiger partial charge in [0.25, 0.3) is 0 Å². The maximum absolute atomic E-state index is 12.5. The standard InChI is InChI=1S/C15H25N3OS/c1-5-17(6-2)9-11(3)18-14(13-7-8-20-10-13)16-12(4)15(18)19/h7-8,10-12,14,16H,5-6,9H2,1-4H3. The van der Waals surface area contributed by atoms with Crippen LogP contribution < -0.4 is 5.32 Å². The Morgan fingerprint density at radius 3 is 2.70 bits per heavy atom. The second-order valence-corrected chi connectivity index (χ2v) is 6.21. The van der Waals surface area contributed by atoms with Crippen molar-refractivity contribution in [1.82, 2.24) is 15.1 Å². The van der Waals surface area contributed by atoms with Gasteiger partial charge in [-0.25, -0.2) is 0 Å². The predicted molar refractivity (Wildman–Crippen MR) is 83.8 cm³/mol. The minimum Gasteiger partial charge on any atom is -0.318 e. The molecule has 1 aromatic heterocycles. The van der Waals surface area contributed by atoms with Gasteiger partial charge in [0.1, 0.15) is 6.17 Å². The van der Waals surface area contributed by atoms with Crippen LogP contribution in [-0.4, -0.2) is 47.4 Å². The zero-order valence-electron chi connectivity index (χ0n) is 12.8. The third-order valence-corrected chi connectivity index (χ3v) is 4.76. The summed E-state index contributed by atoms with van der Waals surface area (Å²) in [7, 11) is 0. The maximum Gasteiger partial charge on any atom is 0.241 e. The highest BCUT2D eigenvalue weighted by atomic mass is 32.1. The van der Waals surface area contributed by atoms with Crippen molar-refractivity contribution in [3.8, 4) is 0 Å². The summed E-state index contributed by atoms with van der Waals surface area (Å²) in [6.45, 7) is 11.4. The number of thiophene rings is 1. The number of nitrogens with one attached hydrogen (secondary N) is 1. The molecule has 0 spiro atoms. The normalized spacial score (nSPS) is 24.6. The Balaban J connectivity index is 2.15. The second kappa shape index (κ2) is 6.70. The van der Waals surface area contributed by atoms with Crippen LogP contribution in [0.4, 0.5) is 0 Å². The topological polar surface area (TPSA) is 35.6 Å². The molecule has 2 rings (SSSR count). The van der Waals surface area contributed by atoms with Crippen molar-refractivity contribution in [3.05, 3.63) is 22.4 Å². The summed E-state index contributed by atoms with van der Waals surface area (Å²) in [5, 5.41) is 7.60. The highest BCUT2D eigenvalue weighted by molar-refractivity contribution is 7.07. The van der Waals surface area contributed by atoms with Crippen molar-refractivity contribution < 1.29 is 4.79 Å². The molecule has 2 heterocycles. The van der Waals surface area contributed by atoms with Gasteiger partial charge in [-0.15, -0.1) is 0 Å². The summed E-state index contributed by atoms with van der Waals surface area (Å²) in [6.07, 6.45) is 0.0225. The SMILES string of the molecule is CCN(CC)CC(C)N1C(=O)C(C)NC1c1ccsc1. The van der Waals surface area contributed by atoms with Crippen molar-refractivity contribution in [3.63, 3.8) is 0 Å². The van der Waals surface area contributed by atoms with E-state index in [4.69, 9.17) is 0 Å². The molecule has 1 amide bonds. The van der Waals surface area contributed by atoms with E-state index in [9.17, 15) is 4.79 Å². The minimum atomic E-state index is -0.0981. The van der Waals surface area contributed by atoms with E-state index in [2.05, 4.69) is 47.8 Å². The molecule has 1 aliphatic heterocycles. The quantitative estimate of drug-likeness (QED) is 0.875. The van der Waals surface area contributed by atoms with E-state index in [1.165, 1.54) is 5.56 Å². The fourth-order valence-electron chi connectivity index (χ4n) is 2.84. The van der Waals surface area contributed by atoms with Crippen LogP contribution in [0.25, 0.3) is 0 Å². The third-order valence-electron chi connectivity index (χ3n) is 4.06. The van der Waals surface area contributed by atoms with E-state index in [0.717, 1.165) is 19.6 Å². The van der Waals surface area contributed by atoms with Gasteiger partial charge < -0.3 is 9.80 Å². The Morgan fingerprint density at radius 2 is 2.15 bits per heavy atom. The Morgan fingerprint density at radius 1 is 1.45 bits per heavy atom. The number of likely N-dealkylation sites (N-methyl/N-ethyl adjacent to an activating group) is 1. The number of carbonyl (C=O) groups is 1. The number of hydrogen-bond donors (Lipinski definition) is 1. The Bertz CT molecular complexity index is 430. The second-order valence-electron chi connectivity index (χ2n) is 5.43. The summed E-state index contributed by atoms with van der Waals surface area (Å²) in [6, 6.07) is 2.22. The first-order chi connectivity index (χ1) is 9.58. The molecule has 3 atom stereocenters. The minimum absolute atomic E-state index is 0.0225. The first kappa shape index (κ1) is 15.5. The van der Waals surface area contributed by atoms with Crippen LogP contribution in [0.3, 0.4) is 0 Å². The van der Waals surface area contributed by atoms with E-state index in [1.807, 2.05) is 11.8 Å². The third kappa shape index (κ3) is 3.05. The zero-order chi connectivity index (χ0) is 14.7. The van der Waals surface area contributed by atoms with Gasteiger partial charge in [-0.2, -0.15) is 11.3 Å². The lowest BCUT2D eigenvalue weighted by molar-refractivity contribution is -0.132. The van der Waals surface area contributed by atoms with Gasteiger partial charge in [0, 0.05) is 12.6 Å². The molecule has 0 radical (unpaired) electrons. The average Bonchev–Trinajstić information content (AvgIpc) is 3.05. The molecule has 1 N–H and O–H groups in total. The van der Waals surface area contributed by atoms with Crippen LogP contribution >= 0.6 is 11.3 Å². The van der Waals surface area contributed by atoms with Crippen LogP contribution in [0.2, 0.25) is 0 Å². The Hall–Kier alpha value is -0.910. The Labute approximate surface area is 125 Å². The van der Waals surface area contributed by atoms with E-state index in [0.29, 0.717) is 0 Å². The van der Waals surface area contributed by atoms with E-state index in [-0.39, 0.29) is 24.2 Å². The fraction of sp³-hybridized carbons (Fsp3) is 0.667. The van der Waals surface area contributed by atoms with Gasteiger partial charge in [0.05, 0.1) is 6.04 Å². The van der Waals surface area contributed by atoms with Gasteiger partial charge in [-0.3, -0.25) is 10.1 Å². The van der Waals surface area contributed by atoms with Crippen molar-refractivity contribution >= 4 is 17.2 Å². The zero-order valence-corrected chi connectivity index (χ0v) is 13.6. The van der Waals surface area contributed by atoms with Crippen LogP contribution in [-0.2, 0) is 4.79 Å². The van der Waals surface area contributed by atoms with E-state index in [1.54, 1.807) is 11.3 Å². The first-order valence-electron chi connectivity index (χ1n) is 7.41. The number of nitrogens with zero attached hydrogens (tertiary/aromatic N) is 2. The van der Waals surface area contributed by atoms with Crippen molar-refractivity contribution in [2.24, 2.45) is 0 Å². The highest BCUT2D eigenvalue weighted by Gasteiger charge is 2.40. The smallest absolute Gasteiger partial charge is 0.241 e. The molecular weight excluding hydrogens is 270 g/mol. The molecule has 0 saturated carbocycles. The fourth-order valence-corrected chi connectivity index (χ4v) is 3.52. The van der Waals surface area contributed by atoms with Crippen LogP contribution in [0.5, 0.6) is 0 Å². The van der Waals surface area contributed by atoms with E-state index < -0.39 is 0 Å². The number of carbonyl (C=O) groups excluding carboxylic acids is 1. The number of hydrogen-bond acceptors (Lipinski definition) is 4. The van der Waals surface area contributed by atoms with Gasteiger partial charge in [0.15, 0.2) is 0 Å².